The highest BCUT2D eigenvalue weighted by atomic mass is 16.8. The summed E-state index contributed by atoms with van der Waals surface area (Å²) >= 11 is 0. The summed E-state index contributed by atoms with van der Waals surface area (Å²) < 4.78 is 210. The van der Waals surface area contributed by atoms with E-state index in [4.69, 9.17) is 161 Å². The lowest BCUT2D eigenvalue weighted by molar-refractivity contribution is -0.402. The average molecular weight is 1790 g/mol. The van der Waals surface area contributed by atoms with Crippen LogP contribution >= 0.6 is 0 Å². The van der Waals surface area contributed by atoms with E-state index in [2.05, 4.69) is 10.0 Å². The molecule has 47 nitrogen and oxygen atoms in total. The van der Waals surface area contributed by atoms with E-state index in [0.717, 1.165) is 48.5 Å². The van der Waals surface area contributed by atoms with Crippen LogP contribution in [0.15, 0.2) is 35.4 Å². The summed E-state index contributed by atoms with van der Waals surface area (Å²) in [7, 11) is 16.3. The van der Waals surface area contributed by atoms with E-state index in [-0.39, 0.29) is 25.4 Å². The molecule has 124 heavy (non-hydrogen) atoms. The molecule has 1 aromatic carbocycles. The monoisotopic (exact) mass is 1790 g/mol. The summed E-state index contributed by atoms with van der Waals surface area (Å²) in [6.45, 7) is 4.91. The molecule has 702 valence electrons. The molecule has 7 heterocycles. The SMILES string of the molecule is COCC1O[C@H](O[C@H]2C(OC)C(OC)[C@@H](O[C@H]3C(COC(C)=O)OC(O)C(N=[N+]=[N-])[C@H]3OC)O[C@@H]2COC)C(OC)C(OC)C1O[C@@H]1OC(COC)[C@H](O[C@@H]2OC(COC(=O)c3ccccc3)[C@H](O[C@H]3O[C@H](COC(C)=O)[C@@H](O[C@H]4O[C@H](COC(C)=O)[C@@H](OC(C)=O)C(OC(C)=O)C4OC(C)=O)C(OC(C)=O)C3OC(C)=O)[C@H](OC)C2OC)[C@H](OC)C1OC. The molecule has 7 aliphatic rings. The molecule has 0 aromatic heterocycles. The Labute approximate surface area is 714 Å². The fraction of sp³-hybridized carbons (Fsp3) is 0.805. The first-order chi connectivity index (χ1) is 59.3. The Morgan fingerprint density at radius 2 is 0.540 bits per heavy atom. The summed E-state index contributed by atoms with van der Waals surface area (Å²) in [5.41, 5.74) is 9.58. The zero-order valence-corrected chi connectivity index (χ0v) is 72.4. The molecule has 35 atom stereocenters. The quantitative estimate of drug-likeness (QED) is 0.0279. The van der Waals surface area contributed by atoms with Crippen LogP contribution in [-0.4, -0.2) is 405 Å². The molecule has 8 rings (SSSR count). The zero-order chi connectivity index (χ0) is 90.9. The number of aliphatic hydroxyl groups is 1. The number of carbonyl (C=O) groups excluding carboxylic acids is 9. The van der Waals surface area contributed by atoms with E-state index >= 15 is 0 Å². The van der Waals surface area contributed by atoms with E-state index < -0.39 is 295 Å². The van der Waals surface area contributed by atoms with Gasteiger partial charge in [0.15, 0.2) is 74.6 Å². The Hall–Kier alpha value is -7.28. The van der Waals surface area contributed by atoms with Crippen LogP contribution in [0.3, 0.4) is 0 Å². The predicted molar refractivity (Wildman–Crippen MR) is 402 cm³/mol. The highest BCUT2D eigenvalue weighted by molar-refractivity contribution is 5.89. The van der Waals surface area contributed by atoms with Crippen molar-refractivity contribution < 1.29 is 209 Å². The smallest absolute Gasteiger partial charge is 0.338 e. The highest BCUT2D eigenvalue weighted by Crippen LogP contribution is 2.43. The summed E-state index contributed by atoms with van der Waals surface area (Å²) in [6.07, 6.45) is -50.2. The van der Waals surface area contributed by atoms with Crippen molar-refractivity contribution in [3.05, 3.63) is 46.3 Å². The lowest BCUT2D eigenvalue weighted by atomic mass is 9.94. The standard InChI is InChI=1S/C77H115N3O44/c1-33(81)103-29-45-50(57(94-12)49(79-80-78)71(90)112-45)119-72-64(99-17)58(95-13)51(42(113-72)26-91-9)120-73-65(100-18)59(96-14)52(43(114-73)27-92-10)121-74-66(101-19)60(97-15)53(44(115-74)28-93-11)122-75-67(102-20)61(98-16)54(48(116-75)32-106-70(89)41-24-22-21-23-25-41)123-76-69(111-40(8)88)63(109-38(6)86)56(47(118-76)31-105-35(3)83)124-77-68(110-39(7)87)62(108-37(5)85)55(107-36(4)84)46(117-77)30-104-34(2)82/h21-25,42-69,71-77,90H,26-32H2,1-20H3/t42-,43?,44?,45?,46-,47-,48?,49?,50+,51-,52?,53+,54+,55-,56-,57-,58?,59?,60+,61+,62?,63?,64?,65?,66?,67?,68?,69?,71?,72-,73-,74+,75+,76-,77-/m1/s1. The van der Waals surface area contributed by atoms with Crippen molar-refractivity contribution >= 4 is 53.7 Å². The predicted octanol–water partition coefficient (Wildman–Crippen LogP) is -0.678. The normalized spacial score (nSPS) is 37.4. The van der Waals surface area contributed by atoms with Gasteiger partial charge in [-0.15, -0.1) is 0 Å². The molecule has 7 fully saturated rings. The molecule has 0 radical (unpaired) electrons. The van der Waals surface area contributed by atoms with Gasteiger partial charge in [0.05, 0.1) is 31.5 Å². The Morgan fingerprint density at radius 1 is 0.298 bits per heavy atom. The first kappa shape index (κ1) is 102. The fourth-order valence-corrected chi connectivity index (χ4v) is 15.7. The van der Waals surface area contributed by atoms with Crippen LogP contribution in [0.2, 0.25) is 0 Å². The van der Waals surface area contributed by atoms with Gasteiger partial charge in [-0.2, -0.15) is 0 Å². The van der Waals surface area contributed by atoms with E-state index in [1.54, 1.807) is 18.2 Å². The van der Waals surface area contributed by atoms with Crippen molar-refractivity contribution in [3.8, 4) is 0 Å². The second-order valence-corrected chi connectivity index (χ2v) is 29.0. The summed E-state index contributed by atoms with van der Waals surface area (Å²) in [4.78, 5) is 120. The van der Waals surface area contributed by atoms with Crippen molar-refractivity contribution in [2.24, 2.45) is 5.11 Å². The third-order valence-electron chi connectivity index (χ3n) is 20.8. The maximum atomic E-state index is 14.1. The molecular weight excluding hydrogens is 1670 g/mol. The maximum Gasteiger partial charge on any atom is 0.338 e. The van der Waals surface area contributed by atoms with Gasteiger partial charge >= 0.3 is 53.7 Å². The van der Waals surface area contributed by atoms with Gasteiger partial charge < -0.3 is 166 Å². The number of esters is 9. The summed E-state index contributed by atoms with van der Waals surface area (Å²) in [5.74, 6) is -8.37. The van der Waals surface area contributed by atoms with Crippen LogP contribution in [0.1, 0.15) is 65.7 Å². The van der Waals surface area contributed by atoms with Gasteiger partial charge in [0, 0.05) is 146 Å². The third-order valence-corrected chi connectivity index (χ3v) is 20.8. The summed E-state index contributed by atoms with van der Waals surface area (Å²) in [5, 5.41) is 14.7. The fourth-order valence-electron chi connectivity index (χ4n) is 15.7. The molecule has 0 aliphatic carbocycles. The van der Waals surface area contributed by atoms with Crippen LogP contribution in [0.25, 0.3) is 10.4 Å². The number of methoxy groups -OCH3 is 12. The van der Waals surface area contributed by atoms with Gasteiger partial charge in [0.2, 0.25) is 0 Å². The van der Waals surface area contributed by atoms with Gasteiger partial charge in [0.25, 0.3) is 0 Å². The van der Waals surface area contributed by atoms with Crippen LogP contribution in [0, 0.1) is 0 Å². The van der Waals surface area contributed by atoms with Crippen molar-refractivity contribution in [1.82, 2.24) is 0 Å². The van der Waals surface area contributed by atoms with Gasteiger partial charge in [-0.25, -0.2) is 4.79 Å². The van der Waals surface area contributed by atoms with Gasteiger partial charge in [-0.1, -0.05) is 23.3 Å². The van der Waals surface area contributed by atoms with E-state index in [1.807, 2.05) is 0 Å². The van der Waals surface area contributed by atoms with Gasteiger partial charge in [0.1, 0.15) is 161 Å². The minimum atomic E-state index is -2.03. The van der Waals surface area contributed by atoms with E-state index in [1.165, 1.54) is 104 Å². The molecule has 0 spiro atoms. The Morgan fingerprint density at radius 3 is 0.823 bits per heavy atom. The van der Waals surface area contributed by atoms with Crippen molar-refractivity contribution in [2.75, 3.05) is 132 Å². The number of ether oxygens (including phenoxy) is 34. The number of benzene rings is 1. The topological polar surface area (TPSA) is 536 Å². The molecule has 7 aliphatic heterocycles. The first-order valence-electron chi connectivity index (χ1n) is 39.3. The summed E-state index contributed by atoms with van der Waals surface area (Å²) in [6, 6.07) is 6.47. The minimum absolute atomic E-state index is 0.0972. The molecule has 7 saturated heterocycles. The number of carbonyl (C=O) groups is 9. The molecular formula is C77H115N3O44. The highest BCUT2D eigenvalue weighted by Gasteiger charge is 2.63. The lowest BCUT2D eigenvalue weighted by Gasteiger charge is -2.52. The number of azide groups is 1. The second kappa shape index (κ2) is 49.3. The molecule has 0 bridgehead atoms. The Kier molecular flexibility index (Phi) is 40.6. The number of hydrogen-bond acceptors (Lipinski definition) is 45. The third kappa shape index (κ3) is 26.0. The van der Waals surface area contributed by atoms with Gasteiger partial charge in [-0.3, -0.25) is 38.4 Å². The number of rotatable bonds is 42. The average Bonchev–Trinajstić information content (AvgIpc) is 0.756. The van der Waals surface area contributed by atoms with Crippen LogP contribution in [0.4, 0.5) is 0 Å². The number of nitrogens with zero attached hydrogens (tertiary/aromatic N) is 3. The Bertz CT molecular complexity index is 3610. The Balaban J connectivity index is 1.11. The molecule has 1 N–H and O–H groups in total. The van der Waals surface area contributed by atoms with Crippen LogP contribution in [0.5, 0.6) is 0 Å². The molecule has 0 saturated carbocycles. The van der Waals surface area contributed by atoms with E-state index in [0.29, 0.717) is 0 Å². The number of hydrogen-bond donors (Lipinski definition) is 1. The van der Waals surface area contributed by atoms with Crippen molar-refractivity contribution in [1.29, 1.82) is 0 Å². The molecule has 1 aromatic rings. The molecule has 17 unspecified atom stereocenters. The zero-order valence-electron chi connectivity index (χ0n) is 72.4. The lowest BCUT2D eigenvalue weighted by Crippen LogP contribution is -2.69. The van der Waals surface area contributed by atoms with Gasteiger partial charge in [-0.05, 0) is 17.7 Å². The first-order valence-corrected chi connectivity index (χ1v) is 39.3. The number of aliphatic hydroxyl groups excluding tert-OH is 1. The molecule has 0 amide bonds. The van der Waals surface area contributed by atoms with E-state index in [9.17, 15) is 53.8 Å². The largest absolute Gasteiger partial charge is 0.463 e. The maximum absolute atomic E-state index is 14.1. The van der Waals surface area contributed by atoms with Crippen LogP contribution in [-0.2, 0) is 199 Å². The van der Waals surface area contributed by atoms with Crippen LogP contribution < -0.4 is 0 Å². The molecule has 47 heteroatoms. The minimum Gasteiger partial charge on any atom is -0.463 e. The van der Waals surface area contributed by atoms with Crippen molar-refractivity contribution in [2.45, 2.75) is 270 Å². The second-order valence-electron chi connectivity index (χ2n) is 29.0. The van der Waals surface area contributed by atoms with Crippen molar-refractivity contribution in [3.63, 3.8) is 0 Å².